The van der Waals surface area contributed by atoms with Crippen molar-refractivity contribution in [1.82, 2.24) is 0 Å². The first-order valence-corrected chi connectivity index (χ1v) is 4.17. The number of alkyl halides is 1. The summed E-state index contributed by atoms with van der Waals surface area (Å²) in [4.78, 5) is 0. The van der Waals surface area contributed by atoms with Crippen LogP contribution in [0.25, 0.3) is 0 Å². The van der Waals surface area contributed by atoms with E-state index < -0.39 is 0 Å². The Morgan fingerprint density at radius 1 is 1.50 bits per heavy atom. The Bertz CT molecular complexity index is 91.3. The van der Waals surface area contributed by atoms with Crippen molar-refractivity contribution >= 4 is 11.6 Å². The molecule has 0 aliphatic heterocycles. The summed E-state index contributed by atoms with van der Waals surface area (Å²) in [6.45, 7) is 4.85. The van der Waals surface area contributed by atoms with Crippen molar-refractivity contribution in [3.8, 4) is 0 Å². The summed E-state index contributed by atoms with van der Waals surface area (Å²) in [5.74, 6) is 0.573. The first-order chi connectivity index (χ1) is 4.81. The SMILES string of the molecule is CCC(C)OCC=CCCl. The van der Waals surface area contributed by atoms with E-state index in [0.29, 0.717) is 18.6 Å². The molecule has 1 nitrogen and oxygen atoms in total. The standard InChI is InChI=1S/C8H15ClO/c1-3-8(2)10-7-5-4-6-9/h4-5,8H,3,6-7H2,1-2H3. The molecule has 0 saturated carbocycles. The first kappa shape index (κ1) is 9.99. The maximum absolute atomic E-state index is 5.41. The van der Waals surface area contributed by atoms with Gasteiger partial charge in [-0.05, 0) is 13.3 Å². The highest BCUT2D eigenvalue weighted by Crippen LogP contribution is 1.94. The highest BCUT2D eigenvalue weighted by molar-refractivity contribution is 6.18. The normalized spacial score (nSPS) is 14.3. The van der Waals surface area contributed by atoms with Gasteiger partial charge in [0.1, 0.15) is 0 Å². The van der Waals surface area contributed by atoms with Crippen LogP contribution in [0.5, 0.6) is 0 Å². The molecule has 0 heterocycles. The number of halogens is 1. The molecule has 0 radical (unpaired) electrons. The fourth-order valence-corrected chi connectivity index (χ4v) is 0.595. The van der Waals surface area contributed by atoms with E-state index in [1.165, 1.54) is 0 Å². The van der Waals surface area contributed by atoms with Crippen molar-refractivity contribution in [2.75, 3.05) is 12.5 Å². The van der Waals surface area contributed by atoms with Gasteiger partial charge in [0, 0.05) is 5.88 Å². The highest BCUT2D eigenvalue weighted by atomic mass is 35.5. The van der Waals surface area contributed by atoms with Crippen molar-refractivity contribution in [1.29, 1.82) is 0 Å². The molecule has 0 N–H and O–H groups in total. The van der Waals surface area contributed by atoms with Gasteiger partial charge < -0.3 is 4.74 Å². The molecule has 0 aromatic carbocycles. The topological polar surface area (TPSA) is 9.23 Å². The summed E-state index contributed by atoms with van der Waals surface area (Å²) < 4.78 is 5.35. The Kier molecular flexibility index (Phi) is 7.09. The quantitative estimate of drug-likeness (QED) is 0.446. The molecule has 0 aliphatic rings. The van der Waals surface area contributed by atoms with Crippen LogP contribution < -0.4 is 0 Å². The Morgan fingerprint density at radius 2 is 2.20 bits per heavy atom. The lowest BCUT2D eigenvalue weighted by atomic mass is 10.3. The Hall–Kier alpha value is -0.0100. The minimum absolute atomic E-state index is 0.361. The van der Waals surface area contributed by atoms with Crippen LogP contribution in [0.1, 0.15) is 20.3 Å². The Labute approximate surface area is 68.0 Å². The predicted octanol–water partition coefficient (Wildman–Crippen LogP) is 2.60. The second kappa shape index (κ2) is 7.10. The third kappa shape index (κ3) is 6.12. The van der Waals surface area contributed by atoms with Gasteiger partial charge in [0.25, 0.3) is 0 Å². The molecule has 0 amide bonds. The average molecular weight is 163 g/mol. The van der Waals surface area contributed by atoms with E-state index in [4.69, 9.17) is 16.3 Å². The molecule has 1 unspecified atom stereocenters. The first-order valence-electron chi connectivity index (χ1n) is 3.63. The number of ether oxygens (including phenoxy) is 1. The zero-order valence-electron chi connectivity index (χ0n) is 6.64. The van der Waals surface area contributed by atoms with E-state index in [-0.39, 0.29) is 0 Å². The summed E-state index contributed by atoms with van der Waals surface area (Å²) >= 11 is 5.41. The van der Waals surface area contributed by atoms with Gasteiger partial charge in [0.05, 0.1) is 12.7 Å². The summed E-state index contributed by atoms with van der Waals surface area (Å²) in [5.41, 5.74) is 0. The van der Waals surface area contributed by atoms with Crippen molar-refractivity contribution < 1.29 is 4.74 Å². The summed E-state index contributed by atoms with van der Waals surface area (Å²) in [5, 5.41) is 0. The lowest BCUT2D eigenvalue weighted by molar-refractivity contribution is 0.0856. The number of hydrogen-bond donors (Lipinski definition) is 0. The van der Waals surface area contributed by atoms with Crippen LogP contribution in [0.3, 0.4) is 0 Å². The molecule has 10 heavy (non-hydrogen) atoms. The monoisotopic (exact) mass is 162 g/mol. The van der Waals surface area contributed by atoms with Crippen LogP contribution in [0.2, 0.25) is 0 Å². The van der Waals surface area contributed by atoms with Crippen LogP contribution in [-0.2, 0) is 4.74 Å². The number of hydrogen-bond acceptors (Lipinski definition) is 1. The second-order valence-electron chi connectivity index (χ2n) is 2.18. The van der Waals surface area contributed by atoms with Crippen LogP contribution >= 0.6 is 11.6 Å². The lowest BCUT2D eigenvalue weighted by Crippen LogP contribution is -2.05. The van der Waals surface area contributed by atoms with E-state index >= 15 is 0 Å². The van der Waals surface area contributed by atoms with Crippen molar-refractivity contribution in [2.24, 2.45) is 0 Å². The van der Waals surface area contributed by atoms with Crippen molar-refractivity contribution in [3.63, 3.8) is 0 Å². The average Bonchev–Trinajstić information content (AvgIpc) is 1.98. The smallest absolute Gasteiger partial charge is 0.0651 e. The molecule has 1 atom stereocenters. The molecule has 0 aromatic rings. The van der Waals surface area contributed by atoms with Gasteiger partial charge in [-0.25, -0.2) is 0 Å². The molecule has 60 valence electrons. The Balaban J connectivity index is 3.10. The van der Waals surface area contributed by atoms with Gasteiger partial charge in [0.15, 0.2) is 0 Å². The molecule has 2 heteroatoms. The van der Waals surface area contributed by atoms with Crippen molar-refractivity contribution in [3.05, 3.63) is 12.2 Å². The van der Waals surface area contributed by atoms with Gasteiger partial charge >= 0.3 is 0 Å². The van der Waals surface area contributed by atoms with E-state index in [1.807, 2.05) is 12.2 Å². The van der Waals surface area contributed by atoms with Crippen LogP contribution in [0.15, 0.2) is 12.2 Å². The molecule has 0 aromatic heterocycles. The number of rotatable bonds is 5. The lowest BCUT2D eigenvalue weighted by Gasteiger charge is -2.06. The fourth-order valence-electron chi connectivity index (χ4n) is 0.469. The maximum Gasteiger partial charge on any atom is 0.0651 e. The zero-order chi connectivity index (χ0) is 7.82. The van der Waals surface area contributed by atoms with Crippen LogP contribution in [0.4, 0.5) is 0 Å². The van der Waals surface area contributed by atoms with E-state index in [0.717, 1.165) is 6.42 Å². The molecule has 0 spiro atoms. The van der Waals surface area contributed by atoms with Gasteiger partial charge in [0.2, 0.25) is 0 Å². The molecule has 0 rings (SSSR count). The van der Waals surface area contributed by atoms with Gasteiger partial charge in [-0.15, -0.1) is 11.6 Å². The minimum atomic E-state index is 0.361. The van der Waals surface area contributed by atoms with Crippen LogP contribution in [-0.4, -0.2) is 18.6 Å². The molecule has 0 fully saturated rings. The summed E-state index contributed by atoms with van der Waals surface area (Å²) in [6.07, 6.45) is 5.26. The van der Waals surface area contributed by atoms with Gasteiger partial charge in [-0.2, -0.15) is 0 Å². The highest BCUT2D eigenvalue weighted by Gasteiger charge is 1.93. The van der Waals surface area contributed by atoms with E-state index in [1.54, 1.807) is 0 Å². The van der Waals surface area contributed by atoms with Crippen molar-refractivity contribution in [2.45, 2.75) is 26.4 Å². The van der Waals surface area contributed by atoms with Crippen LogP contribution in [0, 0.1) is 0 Å². The third-order valence-corrected chi connectivity index (χ3v) is 1.49. The summed E-state index contributed by atoms with van der Waals surface area (Å²) in [6, 6.07) is 0. The van der Waals surface area contributed by atoms with E-state index in [9.17, 15) is 0 Å². The minimum Gasteiger partial charge on any atom is -0.374 e. The molecular weight excluding hydrogens is 148 g/mol. The molecular formula is C8H15ClO. The molecule has 0 saturated heterocycles. The van der Waals surface area contributed by atoms with Gasteiger partial charge in [-0.1, -0.05) is 19.1 Å². The molecule has 0 aliphatic carbocycles. The Morgan fingerprint density at radius 3 is 2.70 bits per heavy atom. The molecule has 0 bridgehead atoms. The number of allylic oxidation sites excluding steroid dienone is 1. The largest absolute Gasteiger partial charge is 0.374 e. The van der Waals surface area contributed by atoms with Gasteiger partial charge in [-0.3, -0.25) is 0 Å². The second-order valence-corrected chi connectivity index (χ2v) is 2.49. The maximum atomic E-state index is 5.41. The zero-order valence-corrected chi connectivity index (χ0v) is 7.40. The predicted molar refractivity (Wildman–Crippen MR) is 45.6 cm³/mol. The summed E-state index contributed by atoms with van der Waals surface area (Å²) in [7, 11) is 0. The van der Waals surface area contributed by atoms with E-state index in [2.05, 4.69) is 13.8 Å². The fraction of sp³-hybridized carbons (Fsp3) is 0.750. The third-order valence-electron chi connectivity index (χ3n) is 1.31.